The molecule has 2 N–H and O–H groups in total. The molecule has 7 heteroatoms. The molecule has 2 aromatic carbocycles. The summed E-state index contributed by atoms with van der Waals surface area (Å²) in [5, 5.41) is 4.90. The van der Waals surface area contributed by atoms with Crippen molar-refractivity contribution in [1.82, 2.24) is 10.3 Å². The number of benzene rings is 2. The number of aromatic nitrogens is 1. The van der Waals surface area contributed by atoms with Gasteiger partial charge in [0.1, 0.15) is 23.0 Å². The summed E-state index contributed by atoms with van der Waals surface area (Å²) < 4.78 is 27.4. The molecule has 1 heterocycles. The summed E-state index contributed by atoms with van der Waals surface area (Å²) in [5.74, 6) is -3.00. The van der Waals surface area contributed by atoms with Crippen molar-refractivity contribution in [2.24, 2.45) is 0 Å². The number of aryl methyl sites for hydroxylation is 1. The molecule has 0 saturated carbocycles. The van der Waals surface area contributed by atoms with E-state index in [-0.39, 0.29) is 11.3 Å². The first-order valence-corrected chi connectivity index (χ1v) is 8.49. The van der Waals surface area contributed by atoms with Gasteiger partial charge in [-0.25, -0.2) is 8.78 Å². The SMILES string of the molecule is Cc1cccc(CNC(=O)c2cc(C(=O)Nc3c(F)cccc3F)ccn2)c1. The van der Waals surface area contributed by atoms with Crippen LogP contribution in [0, 0.1) is 18.6 Å². The van der Waals surface area contributed by atoms with Crippen LogP contribution in [0.4, 0.5) is 14.5 Å². The summed E-state index contributed by atoms with van der Waals surface area (Å²) in [4.78, 5) is 28.6. The van der Waals surface area contributed by atoms with Crippen molar-refractivity contribution in [3.8, 4) is 0 Å². The molecule has 0 aliphatic carbocycles. The molecule has 0 bridgehead atoms. The molecular weight excluding hydrogens is 364 g/mol. The van der Waals surface area contributed by atoms with E-state index >= 15 is 0 Å². The molecule has 142 valence electrons. The largest absolute Gasteiger partial charge is 0.347 e. The van der Waals surface area contributed by atoms with Crippen LogP contribution in [-0.4, -0.2) is 16.8 Å². The van der Waals surface area contributed by atoms with Crippen molar-refractivity contribution in [3.63, 3.8) is 0 Å². The third-order valence-corrected chi connectivity index (χ3v) is 3.99. The van der Waals surface area contributed by atoms with Crippen LogP contribution >= 0.6 is 0 Å². The fourth-order valence-electron chi connectivity index (χ4n) is 2.59. The second-order valence-corrected chi connectivity index (χ2v) is 6.15. The fourth-order valence-corrected chi connectivity index (χ4v) is 2.59. The van der Waals surface area contributed by atoms with Gasteiger partial charge in [-0.15, -0.1) is 0 Å². The Morgan fingerprint density at radius 2 is 1.68 bits per heavy atom. The zero-order valence-corrected chi connectivity index (χ0v) is 15.0. The van der Waals surface area contributed by atoms with E-state index in [0.29, 0.717) is 6.54 Å². The van der Waals surface area contributed by atoms with Gasteiger partial charge in [0.05, 0.1) is 0 Å². The minimum absolute atomic E-state index is 0.0225. The lowest BCUT2D eigenvalue weighted by Gasteiger charge is -2.09. The summed E-state index contributed by atoms with van der Waals surface area (Å²) in [7, 11) is 0. The fraction of sp³-hybridized carbons (Fsp3) is 0.0952. The lowest BCUT2D eigenvalue weighted by Crippen LogP contribution is -2.24. The molecule has 0 fully saturated rings. The molecule has 28 heavy (non-hydrogen) atoms. The van der Waals surface area contributed by atoms with E-state index in [4.69, 9.17) is 0 Å². The van der Waals surface area contributed by atoms with Crippen LogP contribution in [0.2, 0.25) is 0 Å². The van der Waals surface area contributed by atoms with Crippen molar-refractivity contribution < 1.29 is 18.4 Å². The van der Waals surface area contributed by atoms with Crippen LogP contribution in [0.3, 0.4) is 0 Å². The summed E-state index contributed by atoms with van der Waals surface area (Å²) in [6, 6.07) is 13.6. The third kappa shape index (κ3) is 4.56. The molecule has 5 nitrogen and oxygen atoms in total. The zero-order valence-electron chi connectivity index (χ0n) is 15.0. The lowest BCUT2D eigenvalue weighted by molar-refractivity contribution is 0.0946. The van der Waals surface area contributed by atoms with Gasteiger partial charge in [-0.2, -0.15) is 0 Å². The predicted molar refractivity (Wildman–Crippen MR) is 101 cm³/mol. The number of halogens is 2. The normalized spacial score (nSPS) is 10.4. The predicted octanol–water partition coefficient (Wildman–Crippen LogP) is 3.85. The minimum atomic E-state index is -0.890. The quantitative estimate of drug-likeness (QED) is 0.705. The number of carbonyl (C=O) groups excluding carboxylic acids is 2. The minimum Gasteiger partial charge on any atom is -0.347 e. The number of anilines is 1. The highest BCUT2D eigenvalue weighted by atomic mass is 19.1. The number of rotatable bonds is 5. The van der Waals surface area contributed by atoms with E-state index in [0.717, 1.165) is 23.3 Å². The standard InChI is InChI=1S/C21H17F2N3O2/c1-13-4-2-5-14(10-13)12-25-21(28)18-11-15(8-9-24-18)20(27)26-19-16(22)6-3-7-17(19)23/h2-11H,12H2,1H3,(H,25,28)(H,26,27). The average molecular weight is 381 g/mol. The van der Waals surface area contributed by atoms with Gasteiger partial charge in [0.25, 0.3) is 11.8 Å². The maximum absolute atomic E-state index is 13.7. The highest BCUT2D eigenvalue weighted by Crippen LogP contribution is 2.19. The van der Waals surface area contributed by atoms with E-state index in [1.807, 2.05) is 31.2 Å². The number of hydrogen-bond donors (Lipinski definition) is 2. The Bertz CT molecular complexity index is 1020. The molecule has 0 unspecified atom stereocenters. The summed E-state index contributed by atoms with van der Waals surface area (Å²) >= 11 is 0. The monoisotopic (exact) mass is 381 g/mol. The Labute approximate surface area is 160 Å². The maximum Gasteiger partial charge on any atom is 0.270 e. The maximum atomic E-state index is 13.7. The first-order chi connectivity index (χ1) is 13.4. The van der Waals surface area contributed by atoms with Gasteiger partial charge in [-0.3, -0.25) is 14.6 Å². The highest BCUT2D eigenvalue weighted by molar-refractivity contribution is 6.05. The summed E-state index contributed by atoms with van der Waals surface area (Å²) in [6.45, 7) is 2.26. The van der Waals surface area contributed by atoms with Crippen molar-refractivity contribution in [2.45, 2.75) is 13.5 Å². The van der Waals surface area contributed by atoms with Gasteiger partial charge in [0.2, 0.25) is 0 Å². The Balaban J connectivity index is 1.70. The second kappa shape index (κ2) is 8.39. The Morgan fingerprint density at radius 1 is 0.964 bits per heavy atom. The van der Waals surface area contributed by atoms with Crippen LogP contribution in [0.15, 0.2) is 60.8 Å². The topological polar surface area (TPSA) is 71.1 Å². The lowest BCUT2D eigenvalue weighted by atomic mass is 10.1. The van der Waals surface area contributed by atoms with E-state index < -0.39 is 29.1 Å². The van der Waals surface area contributed by atoms with Gasteiger partial charge in [0.15, 0.2) is 0 Å². The molecule has 0 radical (unpaired) electrons. The molecule has 0 atom stereocenters. The van der Waals surface area contributed by atoms with E-state index in [1.165, 1.54) is 24.4 Å². The van der Waals surface area contributed by atoms with Crippen molar-refractivity contribution >= 4 is 17.5 Å². The van der Waals surface area contributed by atoms with Crippen LogP contribution < -0.4 is 10.6 Å². The number of nitrogens with one attached hydrogen (secondary N) is 2. The van der Waals surface area contributed by atoms with Crippen molar-refractivity contribution in [2.75, 3.05) is 5.32 Å². The van der Waals surface area contributed by atoms with Gasteiger partial charge in [-0.05, 0) is 36.8 Å². The van der Waals surface area contributed by atoms with Crippen molar-refractivity contribution in [3.05, 3.63) is 94.8 Å². The number of carbonyl (C=O) groups is 2. The third-order valence-electron chi connectivity index (χ3n) is 3.99. The smallest absolute Gasteiger partial charge is 0.270 e. The average Bonchev–Trinajstić information content (AvgIpc) is 2.69. The first-order valence-electron chi connectivity index (χ1n) is 8.49. The Morgan fingerprint density at radius 3 is 2.39 bits per heavy atom. The van der Waals surface area contributed by atoms with Crippen LogP contribution in [0.1, 0.15) is 32.0 Å². The second-order valence-electron chi connectivity index (χ2n) is 6.15. The zero-order chi connectivity index (χ0) is 20.1. The number of nitrogens with zero attached hydrogens (tertiary/aromatic N) is 1. The molecule has 3 aromatic rings. The summed E-state index contributed by atoms with van der Waals surface area (Å²) in [6.07, 6.45) is 1.29. The van der Waals surface area contributed by atoms with E-state index in [2.05, 4.69) is 15.6 Å². The molecular formula is C21H17F2N3O2. The molecule has 1 aromatic heterocycles. The summed E-state index contributed by atoms with van der Waals surface area (Å²) in [5.41, 5.74) is 1.53. The van der Waals surface area contributed by atoms with Crippen LogP contribution in [0.5, 0.6) is 0 Å². The van der Waals surface area contributed by atoms with Crippen LogP contribution in [-0.2, 0) is 6.54 Å². The van der Waals surface area contributed by atoms with Gasteiger partial charge in [0, 0.05) is 18.3 Å². The van der Waals surface area contributed by atoms with Crippen LogP contribution in [0.25, 0.3) is 0 Å². The molecule has 0 saturated heterocycles. The number of hydrogen-bond acceptors (Lipinski definition) is 3. The van der Waals surface area contributed by atoms with E-state index in [9.17, 15) is 18.4 Å². The number of para-hydroxylation sites is 1. The van der Waals surface area contributed by atoms with E-state index in [1.54, 1.807) is 0 Å². The van der Waals surface area contributed by atoms with Gasteiger partial charge < -0.3 is 10.6 Å². The molecule has 2 amide bonds. The highest BCUT2D eigenvalue weighted by Gasteiger charge is 2.15. The number of amides is 2. The molecule has 3 rings (SSSR count). The van der Waals surface area contributed by atoms with Gasteiger partial charge >= 0.3 is 0 Å². The van der Waals surface area contributed by atoms with Gasteiger partial charge in [-0.1, -0.05) is 35.9 Å². The molecule has 0 spiro atoms. The Hall–Kier alpha value is -3.61. The van der Waals surface area contributed by atoms with Crippen molar-refractivity contribution in [1.29, 1.82) is 0 Å². The number of pyridine rings is 1. The Kier molecular flexibility index (Phi) is 5.74. The first kappa shape index (κ1) is 19.2. The molecule has 0 aliphatic rings. The molecule has 0 aliphatic heterocycles.